The normalized spacial score (nSPS) is 11.5. The first-order chi connectivity index (χ1) is 4.72. The highest BCUT2D eigenvalue weighted by molar-refractivity contribution is 5.74. The molecule has 0 aliphatic carbocycles. The lowest BCUT2D eigenvalue weighted by Gasteiger charge is -2.05. The van der Waals surface area contributed by atoms with Gasteiger partial charge >= 0.3 is 5.97 Å². The van der Waals surface area contributed by atoms with Gasteiger partial charge in [-0.3, -0.25) is 0 Å². The molecule has 5 heteroatoms. The van der Waals surface area contributed by atoms with E-state index < -0.39 is 18.7 Å². The standard InChI is InChI=1S/C6H12O4.H2O/c1-2-3-10-6(9)5(8)4-7;/h5,7-8H,2-4H2,1H3;1H2. The minimum atomic E-state index is -1.38. The highest BCUT2D eigenvalue weighted by atomic mass is 16.5. The molecule has 0 rings (SSSR count). The first-order valence-corrected chi connectivity index (χ1v) is 3.18. The number of hydrogen-bond acceptors (Lipinski definition) is 4. The maximum atomic E-state index is 10.5. The van der Waals surface area contributed by atoms with Crippen LogP contribution in [0.2, 0.25) is 0 Å². The molecule has 1 unspecified atom stereocenters. The molecule has 0 aliphatic rings. The molecule has 0 aliphatic heterocycles. The number of rotatable bonds is 4. The summed E-state index contributed by atoms with van der Waals surface area (Å²) in [6.45, 7) is 1.55. The largest absolute Gasteiger partial charge is 0.464 e. The smallest absolute Gasteiger partial charge is 0.337 e. The molecule has 0 heterocycles. The maximum Gasteiger partial charge on any atom is 0.337 e. The van der Waals surface area contributed by atoms with Gasteiger partial charge in [-0.1, -0.05) is 6.92 Å². The number of carbonyl (C=O) groups is 1. The molecule has 5 nitrogen and oxygen atoms in total. The lowest BCUT2D eigenvalue weighted by atomic mass is 10.4. The van der Waals surface area contributed by atoms with Crippen molar-refractivity contribution in [3.05, 3.63) is 0 Å². The number of esters is 1. The number of carbonyl (C=O) groups excluding carboxylic acids is 1. The summed E-state index contributed by atoms with van der Waals surface area (Å²) in [5, 5.41) is 16.9. The zero-order chi connectivity index (χ0) is 7.98. The van der Waals surface area contributed by atoms with Gasteiger partial charge in [-0.25, -0.2) is 4.79 Å². The van der Waals surface area contributed by atoms with Gasteiger partial charge in [0.1, 0.15) is 0 Å². The fourth-order valence-corrected chi connectivity index (χ4v) is 0.373. The quantitative estimate of drug-likeness (QED) is 0.495. The van der Waals surface area contributed by atoms with Crippen LogP contribution < -0.4 is 0 Å². The molecule has 0 fully saturated rings. The summed E-state index contributed by atoms with van der Waals surface area (Å²) in [5.74, 6) is -0.760. The highest BCUT2D eigenvalue weighted by Gasteiger charge is 2.13. The van der Waals surface area contributed by atoms with Crippen molar-refractivity contribution in [3.8, 4) is 0 Å². The van der Waals surface area contributed by atoms with E-state index >= 15 is 0 Å². The van der Waals surface area contributed by atoms with Crippen LogP contribution in [0.25, 0.3) is 0 Å². The summed E-state index contributed by atoms with van der Waals surface area (Å²) in [4.78, 5) is 10.5. The van der Waals surface area contributed by atoms with Crippen LogP contribution in [0.15, 0.2) is 0 Å². The summed E-state index contributed by atoms with van der Waals surface area (Å²) in [7, 11) is 0. The molecule has 68 valence electrons. The second kappa shape index (κ2) is 7.46. The third kappa shape index (κ3) is 5.78. The van der Waals surface area contributed by atoms with Crippen molar-refractivity contribution in [1.29, 1.82) is 0 Å². The van der Waals surface area contributed by atoms with Gasteiger partial charge in [0.15, 0.2) is 6.10 Å². The van der Waals surface area contributed by atoms with Crippen molar-refractivity contribution in [2.24, 2.45) is 0 Å². The fourth-order valence-electron chi connectivity index (χ4n) is 0.373. The van der Waals surface area contributed by atoms with Crippen LogP contribution in [0, 0.1) is 0 Å². The van der Waals surface area contributed by atoms with Gasteiger partial charge in [-0.2, -0.15) is 0 Å². The van der Waals surface area contributed by atoms with Crippen molar-refractivity contribution in [3.63, 3.8) is 0 Å². The second-order valence-electron chi connectivity index (χ2n) is 1.87. The van der Waals surface area contributed by atoms with E-state index in [1.54, 1.807) is 0 Å². The van der Waals surface area contributed by atoms with E-state index in [1.165, 1.54) is 0 Å². The van der Waals surface area contributed by atoms with E-state index in [2.05, 4.69) is 4.74 Å². The maximum absolute atomic E-state index is 10.5. The van der Waals surface area contributed by atoms with Crippen molar-refractivity contribution >= 4 is 5.97 Å². The Morgan fingerprint density at radius 1 is 1.64 bits per heavy atom. The molecule has 0 aromatic carbocycles. The number of aliphatic hydroxyl groups is 2. The third-order valence-electron chi connectivity index (χ3n) is 0.893. The lowest BCUT2D eigenvalue weighted by molar-refractivity contribution is -0.155. The summed E-state index contributed by atoms with van der Waals surface area (Å²) in [5.41, 5.74) is 0. The Labute approximate surface area is 64.9 Å². The van der Waals surface area contributed by atoms with Gasteiger partial charge in [-0.15, -0.1) is 0 Å². The Morgan fingerprint density at radius 3 is 2.55 bits per heavy atom. The highest BCUT2D eigenvalue weighted by Crippen LogP contribution is 1.88. The number of ether oxygens (including phenoxy) is 1. The molecular formula is C6H14O5. The molecular weight excluding hydrogens is 152 g/mol. The second-order valence-corrected chi connectivity index (χ2v) is 1.87. The summed E-state index contributed by atoms with van der Waals surface area (Å²) >= 11 is 0. The zero-order valence-corrected chi connectivity index (χ0v) is 6.41. The van der Waals surface area contributed by atoms with Crippen LogP contribution in [-0.4, -0.2) is 41.0 Å². The van der Waals surface area contributed by atoms with Gasteiger partial charge in [0, 0.05) is 0 Å². The molecule has 0 saturated carbocycles. The van der Waals surface area contributed by atoms with E-state index in [9.17, 15) is 4.79 Å². The Morgan fingerprint density at radius 2 is 2.18 bits per heavy atom. The molecule has 0 spiro atoms. The SMILES string of the molecule is CCCOC(=O)C(O)CO.O. The van der Waals surface area contributed by atoms with E-state index in [0.29, 0.717) is 6.42 Å². The lowest BCUT2D eigenvalue weighted by Crippen LogP contribution is -2.26. The molecule has 0 radical (unpaired) electrons. The van der Waals surface area contributed by atoms with Gasteiger partial charge in [-0.05, 0) is 6.42 Å². The molecule has 0 aromatic heterocycles. The molecule has 4 N–H and O–H groups in total. The average Bonchev–Trinajstić information content (AvgIpc) is 1.98. The number of aliphatic hydroxyl groups excluding tert-OH is 2. The van der Waals surface area contributed by atoms with Crippen LogP contribution in [0.3, 0.4) is 0 Å². The zero-order valence-electron chi connectivity index (χ0n) is 6.41. The topological polar surface area (TPSA) is 98.3 Å². The third-order valence-corrected chi connectivity index (χ3v) is 0.893. The Hall–Kier alpha value is -0.650. The minimum absolute atomic E-state index is 0. The molecule has 1 atom stereocenters. The molecule has 0 saturated heterocycles. The van der Waals surface area contributed by atoms with E-state index in [0.717, 1.165) is 0 Å². The van der Waals surface area contributed by atoms with E-state index in [1.807, 2.05) is 6.92 Å². The van der Waals surface area contributed by atoms with Gasteiger partial charge < -0.3 is 20.4 Å². The monoisotopic (exact) mass is 166 g/mol. The van der Waals surface area contributed by atoms with E-state index in [4.69, 9.17) is 10.2 Å². The molecule has 0 amide bonds. The Bertz CT molecular complexity index is 103. The molecule has 0 aromatic rings. The summed E-state index contributed by atoms with van der Waals surface area (Å²) in [6, 6.07) is 0. The van der Waals surface area contributed by atoms with Crippen LogP contribution in [0.5, 0.6) is 0 Å². The van der Waals surface area contributed by atoms with Crippen molar-refractivity contribution in [2.75, 3.05) is 13.2 Å². The van der Waals surface area contributed by atoms with Crippen LogP contribution in [0.1, 0.15) is 13.3 Å². The van der Waals surface area contributed by atoms with Crippen LogP contribution >= 0.6 is 0 Å². The summed E-state index contributed by atoms with van der Waals surface area (Å²) in [6.07, 6.45) is -0.671. The van der Waals surface area contributed by atoms with Crippen molar-refractivity contribution in [1.82, 2.24) is 0 Å². The fraction of sp³-hybridized carbons (Fsp3) is 0.833. The Kier molecular flexibility index (Phi) is 8.80. The average molecular weight is 166 g/mol. The van der Waals surface area contributed by atoms with Crippen LogP contribution in [-0.2, 0) is 9.53 Å². The predicted molar refractivity (Wildman–Crippen MR) is 38.0 cm³/mol. The Balaban J connectivity index is 0. The van der Waals surface area contributed by atoms with Crippen molar-refractivity contribution < 1.29 is 25.2 Å². The first kappa shape index (κ1) is 13.0. The minimum Gasteiger partial charge on any atom is -0.464 e. The van der Waals surface area contributed by atoms with Gasteiger partial charge in [0.25, 0.3) is 0 Å². The van der Waals surface area contributed by atoms with Crippen molar-refractivity contribution in [2.45, 2.75) is 19.4 Å². The first-order valence-electron chi connectivity index (χ1n) is 3.18. The molecule has 11 heavy (non-hydrogen) atoms. The summed E-state index contributed by atoms with van der Waals surface area (Å²) < 4.78 is 4.49. The molecule has 0 bridgehead atoms. The van der Waals surface area contributed by atoms with Crippen LogP contribution in [0.4, 0.5) is 0 Å². The van der Waals surface area contributed by atoms with E-state index in [-0.39, 0.29) is 12.1 Å². The predicted octanol–water partition coefficient (Wildman–Crippen LogP) is -1.53. The number of hydrogen-bond donors (Lipinski definition) is 2. The van der Waals surface area contributed by atoms with Gasteiger partial charge in [0.05, 0.1) is 13.2 Å². The van der Waals surface area contributed by atoms with Gasteiger partial charge in [0.2, 0.25) is 0 Å².